The Kier molecular flexibility index (Phi) is 4.89. The van der Waals surface area contributed by atoms with Crippen LogP contribution in [0.3, 0.4) is 0 Å². The largest absolute Gasteiger partial charge is 0.298 e. The van der Waals surface area contributed by atoms with E-state index in [0.717, 1.165) is 13.1 Å². The molecule has 0 amide bonds. The summed E-state index contributed by atoms with van der Waals surface area (Å²) in [6.07, 6.45) is 4.46. The Balaban J connectivity index is 1.67. The average Bonchev–Trinajstić information content (AvgIpc) is 2.57. The monoisotopic (exact) mass is 301 g/mol. The van der Waals surface area contributed by atoms with Gasteiger partial charge in [-0.3, -0.25) is 4.90 Å². The van der Waals surface area contributed by atoms with Crippen LogP contribution in [0.15, 0.2) is 72.8 Å². The van der Waals surface area contributed by atoms with Gasteiger partial charge in [0.2, 0.25) is 0 Å². The number of hydrogen-bond acceptors (Lipinski definition) is 1. The lowest BCUT2D eigenvalue weighted by molar-refractivity contribution is 0.365. The number of nitrogens with zero attached hydrogens (tertiary/aromatic N) is 1. The molecule has 0 unspecified atom stereocenters. The van der Waals surface area contributed by atoms with E-state index in [-0.39, 0.29) is 0 Å². The Bertz CT molecular complexity index is 812. The zero-order chi connectivity index (χ0) is 16.1. The molecule has 0 N–H and O–H groups in total. The molecule has 0 saturated heterocycles. The first kappa shape index (κ1) is 15.5. The minimum atomic E-state index is 0.942. The Morgan fingerprint density at radius 3 is 2.48 bits per heavy atom. The maximum absolute atomic E-state index is 2.34. The SMILES string of the molecule is Cc1ccccc1C=CCN(C)Cc1cccc2ccccc12. The van der Waals surface area contributed by atoms with Crippen LogP contribution >= 0.6 is 0 Å². The molecule has 0 aromatic heterocycles. The summed E-state index contributed by atoms with van der Waals surface area (Å²) in [6, 6.07) is 23.6. The van der Waals surface area contributed by atoms with Gasteiger partial charge in [0.05, 0.1) is 0 Å². The normalized spacial score (nSPS) is 11.6. The summed E-state index contributed by atoms with van der Waals surface area (Å²) in [5, 5.41) is 2.67. The van der Waals surface area contributed by atoms with E-state index in [4.69, 9.17) is 0 Å². The van der Waals surface area contributed by atoms with Gasteiger partial charge in [0.25, 0.3) is 0 Å². The second-order valence-electron chi connectivity index (χ2n) is 6.09. The molecule has 3 rings (SSSR count). The van der Waals surface area contributed by atoms with Crippen molar-refractivity contribution >= 4 is 16.8 Å². The third-order valence-corrected chi connectivity index (χ3v) is 4.22. The van der Waals surface area contributed by atoms with Crippen molar-refractivity contribution in [3.8, 4) is 0 Å². The van der Waals surface area contributed by atoms with E-state index in [1.165, 1.54) is 27.5 Å². The second-order valence-corrected chi connectivity index (χ2v) is 6.09. The predicted octanol–water partition coefficient (Wildman–Crippen LogP) is 5.29. The summed E-state index contributed by atoms with van der Waals surface area (Å²) < 4.78 is 0. The van der Waals surface area contributed by atoms with Gasteiger partial charge in [-0.1, -0.05) is 78.9 Å². The van der Waals surface area contributed by atoms with Gasteiger partial charge >= 0.3 is 0 Å². The van der Waals surface area contributed by atoms with Crippen LogP contribution in [0.2, 0.25) is 0 Å². The lowest BCUT2D eigenvalue weighted by Gasteiger charge is -2.16. The van der Waals surface area contributed by atoms with Gasteiger partial charge < -0.3 is 0 Å². The van der Waals surface area contributed by atoms with Crippen LogP contribution in [0.4, 0.5) is 0 Å². The Hall–Kier alpha value is -2.38. The Labute approximate surface area is 138 Å². The van der Waals surface area contributed by atoms with E-state index < -0.39 is 0 Å². The van der Waals surface area contributed by atoms with Gasteiger partial charge in [0.1, 0.15) is 0 Å². The minimum Gasteiger partial charge on any atom is -0.298 e. The van der Waals surface area contributed by atoms with Crippen molar-refractivity contribution in [2.24, 2.45) is 0 Å². The molecule has 1 heteroatoms. The number of likely N-dealkylation sites (N-methyl/N-ethyl adjacent to an activating group) is 1. The third-order valence-electron chi connectivity index (χ3n) is 4.22. The molecule has 0 radical (unpaired) electrons. The molecule has 0 aliphatic heterocycles. The number of fused-ring (bicyclic) bond motifs is 1. The number of benzene rings is 3. The molecular weight excluding hydrogens is 278 g/mol. The summed E-state index contributed by atoms with van der Waals surface area (Å²) in [6.45, 7) is 4.05. The van der Waals surface area contributed by atoms with Gasteiger partial charge in [-0.15, -0.1) is 0 Å². The first-order valence-corrected chi connectivity index (χ1v) is 8.11. The molecule has 0 fully saturated rings. The van der Waals surface area contributed by atoms with E-state index in [1.54, 1.807) is 0 Å². The summed E-state index contributed by atoms with van der Waals surface area (Å²) in [5.41, 5.74) is 4.00. The van der Waals surface area contributed by atoms with Crippen LogP contribution in [0.1, 0.15) is 16.7 Å². The molecule has 3 aromatic rings. The van der Waals surface area contributed by atoms with Crippen LogP contribution in [0.5, 0.6) is 0 Å². The summed E-state index contributed by atoms with van der Waals surface area (Å²) in [4.78, 5) is 2.34. The molecule has 3 aromatic carbocycles. The van der Waals surface area contributed by atoms with Crippen molar-refractivity contribution in [2.45, 2.75) is 13.5 Å². The van der Waals surface area contributed by atoms with Crippen LogP contribution in [-0.2, 0) is 6.54 Å². The number of rotatable bonds is 5. The van der Waals surface area contributed by atoms with E-state index in [1.807, 2.05) is 0 Å². The molecule has 0 aliphatic rings. The van der Waals surface area contributed by atoms with Crippen molar-refractivity contribution in [2.75, 3.05) is 13.6 Å². The lowest BCUT2D eigenvalue weighted by atomic mass is 10.0. The van der Waals surface area contributed by atoms with Gasteiger partial charge in [0.15, 0.2) is 0 Å². The summed E-state index contributed by atoms with van der Waals surface area (Å²) in [7, 11) is 2.17. The van der Waals surface area contributed by atoms with Crippen LogP contribution in [0, 0.1) is 6.92 Å². The van der Waals surface area contributed by atoms with E-state index in [0.29, 0.717) is 0 Å². The van der Waals surface area contributed by atoms with Crippen LogP contribution < -0.4 is 0 Å². The maximum atomic E-state index is 2.34. The average molecular weight is 301 g/mol. The first-order chi connectivity index (χ1) is 11.2. The quantitative estimate of drug-likeness (QED) is 0.618. The minimum absolute atomic E-state index is 0.942. The zero-order valence-electron chi connectivity index (χ0n) is 13.9. The lowest BCUT2D eigenvalue weighted by Crippen LogP contribution is -2.17. The first-order valence-electron chi connectivity index (χ1n) is 8.11. The van der Waals surface area contributed by atoms with Gasteiger partial charge in [-0.2, -0.15) is 0 Å². The van der Waals surface area contributed by atoms with E-state index in [2.05, 4.69) is 97.8 Å². The molecular formula is C22H23N. The molecule has 0 atom stereocenters. The smallest absolute Gasteiger partial charge is 0.0240 e. The number of hydrogen-bond donors (Lipinski definition) is 0. The molecule has 0 heterocycles. The van der Waals surface area contributed by atoms with Crippen molar-refractivity contribution in [1.29, 1.82) is 0 Å². The topological polar surface area (TPSA) is 3.24 Å². The van der Waals surface area contributed by atoms with Crippen LogP contribution in [-0.4, -0.2) is 18.5 Å². The van der Waals surface area contributed by atoms with Crippen molar-refractivity contribution in [3.05, 3.63) is 89.5 Å². The number of aryl methyl sites for hydroxylation is 1. The molecule has 0 saturated carbocycles. The standard InChI is InChI=1S/C22H23N/c1-18-9-3-4-10-19(18)14-8-16-23(2)17-21-13-7-12-20-11-5-6-15-22(20)21/h3-15H,16-17H2,1-2H3. The fourth-order valence-corrected chi connectivity index (χ4v) is 2.92. The highest BCUT2D eigenvalue weighted by Gasteiger charge is 2.03. The predicted molar refractivity (Wildman–Crippen MR) is 100 cm³/mol. The van der Waals surface area contributed by atoms with Crippen molar-refractivity contribution < 1.29 is 0 Å². The third kappa shape index (κ3) is 3.88. The Morgan fingerprint density at radius 1 is 0.870 bits per heavy atom. The van der Waals surface area contributed by atoms with Gasteiger partial charge in [0, 0.05) is 13.1 Å². The fourth-order valence-electron chi connectivity index (χ4n) is 2.92. The van der Waals surface area contributed by atoms with Crippen molar-refractivity contribution in [1.82, 2.24) is 4.90 Å². The van der Waals surface area contributed by atoms with Crippen LogP contribution in [0.25, 0.3) is 16.8 Å². The highest BCUT2D eigenvalue weighted by molar-refractivity contribution is 5.85. The molecule has 0 bridgehead atoms. The molecule has 0 aliphatic carbocycles. The van der Waals surface area contributed by atoms with Gasteiger partial charge in [-0.25, -0.2) is 0 Å². The van der Waals surface area contributed by atoms with E-state index in [9.17, 15) is 0 Å². The summed E-state index contributed by atoms with van der Waals surface area (Å²) >= 11 is 0. The van der Waals surface area contributed by atoms with Crippen molar-refractivity contribution in [3.63, 3.8) is 0 Å². The highest BCUT2D eigenvalue weighted by Crippen LogP contribution is 2.19. The Morgan fingerprint density at radius 2 is 1.61 bits per heavy atom. The molecule has 23 heavy (non-hydrogen) atoms. The second kappa shape index (κ2) is 7.26. The molecule has 1 nitrogen and oxygen atoms in total. The fraction of sp³-hybridized carbons (Fsp3) is 0.182. The maximum Gasteiger partial charge on any atom is 0.0240 e. The van der Waals surface area contributed by atoms with E-state index >= 15 is 0 Å². The van der Waals surface area contributed by atoms with Gasteiger partial charge in [-0.05, 0) is 41.4 Å². The summed E-state index contributed by atoms with van der Waals surface area (Å²) in [5.74, 6) is 0. The molecule has 0 spiro atoms. The highest BCUT2D eigenvalue weighted by atomic mass is 15.1. The molecule has 116 valence electrons. The zero-order valence-corrected chi connectivity index (χ0v) is 13.9.